The first-order chi connectivity index (χ1) is 9.51. The average Bonchev–Trinajstić information content (AvgIpc) is 2.71. The number of amides is 1. The second kappa shape index (κ2) is 7.72. The average molecular weight is 295 g/mol. The van der Waals surface area contributed by atoms with E-state index in [0.29, 0.717) is 22.0 Å². The molecule has 6 nitrogen and oxygen atoms in total. The number of carbonyl (C=O) groups is 1. The van der Waals surface area contributed by atoms with Gasteiger partial charge in [-0.15, -0.1) is 11.3 Å². The van der Waals surface area contributed by atoms with E-state index in [9.17, 15) is 4.79 Å². The molecule has 0 aliphatic rings. The molecule has 0 unspecified atom stereocenters. The highest BCUT2D eigenvalue weighted by atomic mass is 32.1. The van der Waals surface area contributed by atoms with Crippen LogP contribution in [0.1, 0.15) is 28.6 Å². The third-order valence-electron chi connectivity index (χ3n) is 2.67. The summed E-state index contributed by atoms with van der Waals surface area (Å²) in [4.78, 5) is 14.3. The maximum absolute atomic E-state index is 11.8. The second-order valence-electron chi connectivity index (χ2n) is 4.60. The molecule has 1 amide bonds. The van der Waals surface area contributed by atoms with Crippen molar-refractivity contribution in [3.8, 4) is 6.07 Å². The van der Waals surface area contributed by atoms with Gasteiger partial charge in [0, 0.05) is 13.1 Å². The number of carbonyl (C=O) groups excluding carboxylic acids is 1. The fourth-order valence-electron chi connectivity index (χ4n) is 1.69. The first kappa shape index (κ1) is 16.3. The summed E-state index contributed by atoms with van der Waals surface area (Å²) in [5.41, 5.74) is 6.50. The number of hydrogen-bond donors (Lipinski definition) is 3. The van der Waals surface area contributed by atoms with E-state index in [0.717, 1.165) is 19.5 Å². The number of rotatable bonds is 7. The fourth-order valence-corrected chi connectivity index (χ4v) is 2.70. The summed E-state index contributed by atoms with van der Waals surface area (Å²) in [6.07, 6.45) is 0.951. The van der Waals surface area contributed by atoms with Crippen molar-refractivity contribution in [3.05, 3.63) is 10.4 Å². The number of nitriles is 1. The molecule has 1 aromatic rings. The quantitative estimate of drug-likeness (QED) is 0.659. The zero-order valence-electron chi connectivity index (χ0n) is 12.1. The number of nitrogens with zero attached hydrogens (tertiary/aromatic N) is 2. The lowest BCUT2D eigenvalue weighted by atomic mass is 10.2. The first-order valence-corrected chi connectivity index (χ1v) is 7.32. The van der Waals surface area contributed by atoms with Crippen molar-refractivity contribution in [1.82, 2.24) is 10.2 Å². The van der Waals surface area contributed by atoms with Crippen molar-refractivity contribution in [1.29, 1.82) is 5.26 Å². The van der Waals surface area contributed by atoms with Gasteiger partial charge in [-0.1, -0.05) is 0 Å². The minimum atomic E-state index is -0.229. The van der Waals surface area contributed by atoms with E-state index in [1.165, 1.54) is 11.3 Å². The molecule has 1 rings (SSSR count). The SMILES string of the molecule is CCNC(=O)c1sc(NCCCN(C)C)c(C#N)c1N. The van der Waals surface area contributed by atoms with Crippen LogP contribution in [-0.4, -0.2) is 44.5 Å². The summed E-state index contributed by atoms with van der Waals surface area (Å²) in [5.74, 6) is -0.229. The van der Waals surface area contributed by atoms with Gasteiger partial charge in [-0.05, 0) is 34.0 Å². The van der Waals surface area contributed by atoms with Crippen molar-refractivity contribution in [2.75, 3.05) is 44.8 Å². The Morgan fingerprint density at radius 1 is 1.50 bits per heavy atom. The van der Waals surface area contributed by atoms with E-state index < -0.39 is 0 Å². The third kappa shape index (κ3) is 4.11. The van der Waals surface area contributed by atoms with E-state index in [1.807, 2.05) is 21.0 Å². The topological polar surface area (TPSA) is 94.2 Å². The maximum Gasteiger partial charge on any atom is 0.263 e. The molecule has 0 aromatic carbocycles. The molecular formula is C13H21N5OS. The van der Waals surface area contributed by atoms with Gasteiger partial charge in [0.2, 0.25) is 0 Å². The maximum atomic E-state index is 11.8. The molecule has 0 aliphatic heterocycles. The molecule has 0 saturated heterocycles. The van der Waals surface area contributed by atoms with Crippen LogP contribution >= 0.6 is 11.3 Å². The second-order valence-corrected chi connectivity index (χ2v) is 5.62. The standard InChI is InChI=1S/C13H21N5OS/c1-4-16-12(19)11-10(15)9(8-14)13(20-11)17-6-5-7-18(2)3/h17H,4-7,15H2,1-3H3,(H,16,19). The lowest BCUT2D eigenvalue weighted by Gasteiger charge is -2.09. The molecule has 0 bridgehead atoms. The number of thiophene rings is 1. The number of hydrogen-bond acceptors (Lipinski definition) is 6. The van der Waals surface area contributed by atoms with Gasteiger partial charge < -0.3 is 21.3 Å². The summed E-state index contributed by atoms with van der Waals surface area (Å²) < 4.78 is 0. The van der Waals surface area contributed by atoms with Gasteiger partial charge in [0.05, 0.1) is 5.69 Å². The zero-order chi connectivity index (χ0) is 15.1. The molecule has 4 N–H and O–H groups in total. The van der Waals surface area contributed by atoms with E-state index in [2.05, 4.69) is 21.6 Å². The Bertz CT molecular complexity index is 504. The van der Waals surface area contributed by atoms with Crippen LogP contribution in [0, 0.1) is 11.3 Å². The Kier molecular flexibility index (Phi) is 6.28. The lowest BCUT2D eigenvalue weighted by Crippen LogP contribution is -2.22. The molecule has 0 saturated carbocycles. The van der Waals surface area contributed by atoms with Crippen LogP contribution in [0.15, 0.2) is 0 Å². The van der Waals surface area contributed by atoms with Crippen molar-refractivity contribution in [2.24, 2.45) is 0 Å². The van der Waals surface area contributed by atoms with Crippen LogP contribution < -0.4 is 16.4 Å². The van der Waals surface area contributed by atoms with Crippen molar-refractivity contribution >= 4 is 27.9 Å². The van der Waals surface area contributed by atoms with E-state index in [-0.39, 0.29) is 11.6 Å². The number of nitrogens with two attached hydrogens (primary N) is 1. The number of anilines is 2. The Balaban J connectivity index is 2.78. The molecule has 0 fully saturated rings. The monoisotopic (exact) mass is 295 g/mol. The normalized spacial score (nSPS) is 10.3. The van der Waals surface area contributed by atoms with Crippen molar-refractivity contribution in [2.45, 2.75) is 13.3 Å². The minimum Gasteiger partial charge on any atom is -0.396 e. The van der Waals surface area contributed by atoms with Gasteiger partial charge in [0.15, 0.2) is 0 Å². The number of nitrogen functional groups attached to an aromatic ring is 1. The molecule has 7 heteroatoms. The molecule has 110 valence electrons. The van der Waals surface area contributed by atoms with Crippen LogP contribution in [-0.2, 0) is 0 Å². The molecule has 0 spiro atoms. The van der Waals surface area contributed by atoms with Gasteiger partial charge >= 0.3 is 0 Å². The Labute approximate surface area is 123 Å². The number of nitrogens with one attached hydrogen (secondary N) is 2. The summed E-state index contributed by atoms with van der Waals surface area (Å²) in [6, 6.07) is 2.06. The van der Waals surface area contributed by atoms with E-state index in [1.54, 1.807) is 0 Å². The van der Waals surface area contributed by atoms with Gasteiger partial charge in [0.1, 0.15) is 21.5 Å². The van der Waals surface area contributed by atoms with Gasteiger partial charge in [-0.25, -0.2) is 0 Å². The molecule has 1 aromatic heterocycles. The lowest BCUT2D eigenvalue weighted by molar-refractivity contribution is 0.0960. The molecular weight excluding hydrogens is 274 g/mol. The highest BCUT2D eigenvalue weighted by molar-refractivity contribution is 7.18. The molecule has 0 atom stereocenters. The summed E-state index contributed by atoms with van der Waals surface area (Å²) in [7, 11) is 4.02. The third-order valence-corrected chi connectivity index (χ3v) is 3.83. The summed E-state index contributed by atoms with van der Waals surface area (Å²) in [5, 5.41) is 15.7. The Morgan fingerprint density at radius 3 is 2.75 bits per heavy atom. The van der Waals surface area contributed by atoms with Crippen LogP contribution in [0.4, 0.5) is 10.7 Å². The van der Waals surface area contributed by atoms with Gasteiger partial charge in [-0.3, -0.25) is 4.79 Å². The Hall–Kier alpha value is -1.78. The molecule has 0 aliphatic carbocycles. The smallest absolute Gasteiger partial charge is 0.263 e. The largest absolute Gasteiger partial charge is 0.396 e. The molecule has 1 heterocycles. The van der Waals surface area contributed by atoms with Gasteiger partial charge in [-0.2, -0.15) is 5.26 Å². The van der Waals surface area contributed by atoms with Crippen molar-refractivity contribution in [3.63, 3.8) is 0 Å². The molecule has 0 radical (unpaired) electrons. The van der Waals surface area contributed by atoms with Crippen LogP contribution in [0.5, 0.6) is 0 Å². The molecule has 20 heavy (non-hydrogen) atoms. The van der Waals surface area contributed by atoms with Gasteiger partial charge in [0.25, 0.3) is 5.91 Å². The van der Waals surface area contributed by atoms with Crippen LogP contribution in [0.25, 0.3) is 0 Å². The minimum absolute atomic E-state index is 0.229. The highest BCUT2D eigenvalue weighted by Crippen LogP contribution is 2.34. The predicted molar refractivity (Wildman–Crippen MR) is 83.1 cm³/mol. The Morgan fingerprint density at radius 2 is 2.20 bits per heavy atom. The summed E-state index contributed by atoms with van der Waals surface area (Å²) >= 11 is 1.23. The van der Waals surface area contributed by atoms with Crippen molar-refractivity contribution < 1.29 is 4.79 Å². The van der Waals surface area contributed by atoms with Crippen LogP contribution in [0.3, 0.4) is 0 Å². The first-order valence-electron chi connectivity index (χ1n) is 6.50. The fraction of sp³-hybridized carbons (Fsp3) is 0.538. The zero-order valence-corrected chi connectivity index (χ0v) is 12.9. The predicted octanol–water partition coefficient (Wildman–Crippen LogP) is 1.32. The summed E-state index contributed by atoms with van der Waals surface area (Å²) in [6.45, 7) is 4.07. The van der Waals surface area contributed by atoms with E-state index >= 15 is 0 Å². The highest BCUT2D eigenvalue weighted by Gasteiger charge is 2.20. The van der Waals surface area contributed by atoms with E-state index in [4.69, 9.17) is 11.0 Å². The van der Waals surface area contributed by atoms with Crippen LogP contribution in [0.2, 0.25) is 0 Å².